The van der Waals surface area contributed by atoms with Crippen molar-refractivity contribution in [2.75, 3.05) is 19.6 Å². The fraction of sp³-hybridized carbons (Fsp3) is 0.667. The van der Waals surface area contributed by atoms with Crippen molar-refractivity contribution in [3.05, 3.63) is 21.9 Å². The lowest BCUT2D eigenvalue weighted by molar-refractivity contribution is 0.479. The second-order valence-corrected chi connectivity index (χ2v) is 4.87. The van der Waals surface area contributed by atoms with Crippen molar-refractivity contribution in [1.82, 2.24) is 10.6 Å². The molecule has 0 bridgehead atoms. The van der Waals surface area contributed by atoms with E-state index in [-0.39, 0.29) is 0 Å². The highest BCUT2D eigenvalue weighted by molar-refractivity contribution is 7.08. The highest BCUT2D eigenvalue weighted by Gasteiger charge is 2.02. The van der Waals surface area contributed by atoms with E-state index in [4.69, 9.17) is 0 Å². The summed E-state index contributed by atoms with van der Waals surface area (Å²) in [6.45, 7) is 10.9. The lowest BCUT2D eigenvalue weighted by atomic mass is 10.1. The van der Waals surface area contributed by atoms with Crippen molar-refractivity contribution in [2.45, 2.75) is 27.3 Å². The van der Waals surface area contributed by atoms with Crippen LogP contribution in [0.4, 0.5) is 0 Å². The minimum Gasteiger partial charge on any atom is -0.317 e. The lowest BCUT2D eigenvalue weighted by Crippen LogP contribution is -2.29. The predicted molar refractivity (Wildman–Crippen MR) is 68.5 cm³/mol. The zero-order chi connectivity index (χ0) is 11.1. The Morgan fingerprint density at radius 1 is 1.27 bits per heavy atom. The van der Waals surface area contributed by atoms with Crippen molar-refractivity contribution < 1.29 is 0 Å². The first kappa shape index (κ1) is 12.7. The summed E-state index contributed by atoms with van der Waals surface area (Å²) in [7, 11) is 0. The summed E-state index contributed by atoms with van der Waals surface area (Å²) in [4.78, 5) is 0. The summed E-state index contributed by atoms with van der Waals surface area (Å²) >= 11 is 1.79. The van der Waals surface area contributed by atoms with Gasteiger partial charge in [0.1, 0.15) is 0 Å². The molecule has 0 radical (unpaired) electrons. The van der Waals surface area contributed by atoms with E-state index < -0.39 is 0 Å². The first-order valence-corrected chi connectivity index (χ1v) is 6.61. The van der Waals surface area contributed by atoms with E-state index in [0.717, 1.165) is 26.2 Å². The second kappa shape index (κ2) is 6.99. The van der Waals surface area contributed by atoms with Crippen molar-refractivity contribution in [3.8, 4) is 0 Å². The number of rotatable bonds is 7. The van der Waals surface area contributed by atoms with Crippen LogP contribution in [0.3, 0.4) is 0 Å². The second-order valence-electron chi connectivity index (χ2n) is 4.12. The molecule has 1 atom stereocenters. The standard InChI is InChI=1S/C12H22N2S/c1-4-13-5-10(2)6-14-7-12-9-15-8-11(12)3/h8-10,13-14H,4-7H2,1-3H3. The molecule has 0 spiro atoms. The number of hydrogen-bond donors (Lipinski definition) is 2. The van der Waals surface area contributed by atoms with Crippen molar-refractivity contribution in [1.29, 1.82) is 0 Å². The van der Waals surface area contributed by atoms with Gasteiger partial charge in [0.2, 0.25) is 0 Å². The van der Waals surface area contributed by atoms with Crippen LogP contribution in [0, 0.1) is 12.8 Å². The van der Waals surface area contributed by atoms with Gasteiger partial charge in [-0.05, 0) is 54.4 Å². The molecule has 2 N–H and O–H groups in total. The predicted octanol–water partition coefficient (Wildman–Crippen LogP) is 2.39. The highest BCUT2D eigenvalue weighted by Crippen LogP contribution is 2.12. The van der Waals surface area contributed by atoms with Crippen molar-refractivity contribution in [2.24, 2.45) is 5.92 Å². The Labute approximate surface area is 97.1 Å². The first-order chi connectivity index (χ1) is 7.24. The molecule has 0 aliphatic carbocycles. The topological polar surface area (TPSA) is 24.1 Å². The summed E-state index contributed by atoms with van der Waals surface area (Å²) < 4.78 is 0. The average molecular weight is 226 g/mol. The Bertz CT molecular complexity index is 270. The maximum absolute atomic E-state index is 3.50. The molecule has 0 aliphatic rings. The van der Waals surface area contributed by atoms with Gasteiger partial charge in [-0.3, -0.25) is 0 Å². The van der Waals surface area contributed by atoms with Gasteiger partial charge < -0.3 is 10.6 Å². The van der Waals surface area contributed by atoms with E-state index in [1.807, 2.05) is 0 Å². The Hall–Kier alpha value is -0.380. The molecular weight excluding hydrogens is 204 g/mol. The van der Waals surface area contributed by atoms with Crippen LogP contribution in [-0.4, -0.2) is 19.6 Å². The quantitative estimate of drug-likeness (QED) is 0.746. The van der Waals surface area contributed by atoms with Crippen LogP contribution in [0.1, 0.15) is 25.0 Å². The Morgan fingerprint density at radius 3 is 2.60 bits per heavy atom. The fourth-order valence-corrected chi connectivity index (χ4v) is 2.34. The number of thiophene rings is 1. The van der Waals surface area contributed by atoms with Crippen LogP contribution in [-0.2, 0) is 6.54 Å². The van der Waals surface area contributed by atoms with E-state index in [1.54, 1.807) is 11.3 Å². The van der Waals surface area contributed by atoms with Gasteiger partial charge in [-0.2, -0.15) is 11.3 Å². The van der Waals surface area contributed by atoms with Crippen molar-refractivity contribution >= 4 is 11.3 Å². The number of nitrogens with one attached hydrogen (secondary N) is 2. The largest absolute Gasteiger partial charge is 0.317 e. The van der Waals surface area contributed by atoms with E-state index in [9.17, 15) is 0 Å². The maximum atomic E-state index is 3.50. The van der Waals surface area contributed by atoms with Gasteiger partial charge in [0, 0.05) is 6.54 Å². The molecule has 1 heterocycles. The summed E-state index contributed by atoms with van der Waals surface area (Å²) in [6, 6.07) is 0. The van der Waals surface area contributed by atoms with Gasteiger partial charge in [0.05, 0.1) is 0 Å². The van der Waals surface area contributed by atoms with E-state index in [0.29, 0.717) is 5.92 Å². The summed E-state index contributed by atoms with van der Waals surface area (Å²) in [5.41, 5.74) is 2.85. The summed E-state index contributed by atoms with van der Waals surface area (Å²) in [6.07, 6.45) is 0. The van der Waals surface area contributed by atoms with Crippen LogP contribution < -0.4 is 10.6 Å². The Morgan fingerprint density at radius 2 is 2.00 bits per heavy atom. The molecule has 0 saturated heterocycles. The van der Waals surface area contributed by atoms with E-state index in [1.165, 1.54) is 11.1 Å². The zero-order valence-electron chi connectivity index (χ0n) is 9.97. The molecule has 0 amide bonds. The van der Waals surface area contributed by atoms with Crippen LogP contribution >= 0.6 is 11.3 Å². The summed E-state index contributed by atoms with van der Waals surface area (Å²) in [5, 5.41) is 11.3. The third-order valence-electron chi connectivity index (χ3n) is 2.51. The monoisotopic (exact) mass is 226 g/mol. The number of hydrogen-bond acceptors (Lipinski definition) is 3. The molecule has 0 fully saturated rings. The zero-order valence-corrected chi connectivity index (χ0v) is 10.8. The Kier molecular flexibility index (Phi) is 5.91. The van der Waals surface area contributed by atoms with Crippen LogP contribution in [0.25, 0.3) is 0 Å². The molecular formula is C12H22N2S. The average Bonchev–Trinajstić information content (AvgIpc) is 2.61. The van der Waals surface area contributed by atoms with Gasteiger partial charge in [-0.1, -0.05) is 13.8 Å². The van der Waals surface area contributed by atoms with Gasteiger partial charge in [-0.25, -0.2) is 0 Å². The van der Waals surface area contributed by atoms with Crippen molar-refractivity contribution in [3.63, 3.8) is 0 Å². The third kappa shape index (κ3) is 4.78. The molecule has 3 heteroatoms. The molecule has 0 aliphatic heterocycles. The summed E-state index contributed by atoms with van der Waals surface area (Å²) in [5.74, 6) is 0.698. The van der Waals surface area contributed by atoms with Crippen LogP contribution in [0.2, 0.25) is 0 Å². The fourth-order valence-electron chi connectivity index (χ4n) is 1.48. The van der Waals surface area contributed by atoms with Gasteiger partial charge in [0.25, 0.3) is 0 Å². The molecule has 1 rings (SSSR count). The molecule has 1 aromatic heterocycles. The maximum Gasteiger partial charge on any atom is 0.0216 e. The van der Waals surface area contributed by atoms with Crippen LogP contribution in [0.15, 0.2) is 10.8 Å². The molecule has 1 aromatic rings. The number of aryl methyl sites for hydroxylation is 1. The molecule has 0 saturated carbocycles. The minimum atomic E-state index is 0.698. The first-order valence-electron chi connectivity index (χ1n) is 5.67. The third-order valence-corrected chi connectivity index (χ3v) is 3.42. The van der Waals surface area contributed by atoms with E-state index in [2.05, 4.69) is 42.2 Å². The van der Waals surface area contributed by atoms with Gasteiger partial charge in [-0.15, -0.1) is 0 Å². The molecule has 86 valence electrons. The molecule has 1 unspecified atom stereocenters. The molecule has 0 aromatic carbocycles. The van der Waals surface area contributed by atoms with Gasteiger partial charge in [0.15, 0.2) is 0 Å². The molecule has 15 heavy (non-hydrogen) atoms. The normalized spacial score (nSPS) is 13.0. The Balaban J connectivity index is 2.13. The highest BCUT2D eigenvalue weighted by atomic mass is 32.1. The SMILES string of the molecule is CCNCC(C)CNCc1cscc1C. The lowest BCUT2D eigenvalue weighted by Gasteiger charge is -2.12. The minimum absolute atomic E-state index is 0.698. The van der Waals surface area contributed by atoms with Crippen LogP contribution in [0.5, 0.6) is 0 Å². The van der Waals surface area contributed by atoms with E-state index >= 15 is 0 Å². The smallest absolute Gasteiger partial charge is 0.0216 e. The van der Waals surface area contributed by atoms with Gasteiger partial charge >= 0.3 is 0 Å². The molecule has 2 nitrogen and oxygen atoms in total.